The largest absolute Gasteiger partial charge is 0.109 e. The first-order valence-corrected chi connectivity index (χ1v) is 5.85. The van der Waals surface area contributed by atoms with Crippen LogP contribution in [0.25, 0.3) is 0 Å². The Balaban J connectivity index is 1.98. The Morgan fingerprint density at radius 1 is 1.00 bits per heavy atom. The maximum atomic E-state index is 5.64. The first-order chi connectivity index (χ1) is 6.36. The van der Waals surface area contributed by atoms with Crippen LogP contribution >= 0.6 is 11.6 Å². The van der Waals surface area contributed by atoms with E-state index in [9.17, 15) is 0 Å². The molecule has 0 aromatic rings. The van der Waals surface area contributed by atoms with E-state index in [1.807, 2.05) is 0 Å². The average Bonchev–Trinajstić information content (AvgIpc) is 2.10. The molecule has 4 saturated carbocycles. The molecule has 0 saturated heterocycles. The third-order valence-corrected chi connectivity index (χ3v) is 4.35. The predicted molar refractivity (Wildman–Crippen MR) is 54.5 cm³/mol. The summed E-state index contributed by atoms with van der Waals surface area (Å²) in [6.45, 7) is 0. The second-order valence-electron chi connectivity index (χ2n) is 5.01. The van der Waals surface area contributed by atoms with Crippen molar-refractivity contribution in [1.82, 2.24) is 0 Å². The van der Waals surface area contributed by atoms with Crippen LogP contribution in [0.1, 0.15) is 32.1 Å². The second-order valence-corrected chi connectivity index (χ2v) is 5.23. The van der Waals surface area contributed by atoms with Crippen LogP contribution in [0.5, 0.6) is 0 Å². The second kappa shape index (κ2) is 2.90. The minimum Gasteiger partial charge on any atom is -0.109 e. The summed E-state index contributed by atoms with van der Waals surface area (Å²) in [5.74, 6) is 3.80. The average molecular weight is 195 g/mol. The van der Waals surface area contributed by atoms with Crippen molar-refractivity contribution in [3.63, 3.8) is 0 Å². The van der Waals surface area contributed by atoms with Gasteiger partial charge in [0.15, 0.2) is 0 Å². The number of rotatable bonds is 0. The molecule has 4 bridgehead atoms. The van der Waals surface area contributed by atoms with Crippen molar-refractivity contribution < 1.29 is 0 Å². The molecule has 4 fully saturated rings. The fraction of sp³-hybridized carbons (Fsp3) is 0.750. The van der Waals surface area contributed by atoms with Gasteiger partial charge in [-0.05, 0) is 61.3 Å². The van der Waals surface area contributed by atoms with E-state index < -0.39 is 0 Å². The van der Waals surface area contributed by atoms with Crippen molar-refractivity contribution in [2.24, 2.45) is 23.7 Å². The molecule has 0 unspecified atom stereocenters. The highest BCUT2D eigenvalue weighted by atomic mass is 35.5. The van der Waals surface area contributed by atoms with Crippen LogP contribution in [0.15, 0.2) is 16.8 Å². The van der Waals surface area contributed by atoms with Crippen LogP contribution in [0.2, 0.25) is 0 Å². The van der Waals surface area contributed by atoms with E-state index in [1.165, 1.54) is 32.1 Å². The van der Waals surface area contributed by atoms with Crippen molar-refractivity contribution in [3.8, 4) is 0 Å². The van der Waals surface area contributed by atoms with Gasteiger partial charge in [0.2, 0.25) is 0 Å². The molecule has 4 rings (SSSR count). The summed E-state index contributed by atoms with van der Waals surface area (Å²) in [5.41, 5.74) is 6.44. The molecule has 0 nitrogen and oxygen atoms in total. The normalized spacial score (nSPS) is 46.4. The zero-order chi connectivity index (χ0) is 8.84. The summed E-state index contributed by atoms with van der Waals surface area (Å²) in [6, 6.07) is 0. The van der Waals surface area contributed by atoms with Crippen molar-refractivity contribution >= 4 is 11.6 Å². The number of halogens is 1. The van der Waals surface area contributed by atoms with Crippen LogP contribution in [0.4, 0.5) is 0 Å². The van der Waals surface area contributed by atoms with E-state index in [4.69, 9.17) is 11.6 Å². The van der Waals surface area contributed by atoms with Gasteiger partial charge < -0.3 is 0 Å². The van der Waals surface area contributed by atoms with Gasteiger partial charge >= 0.3 is 0 Å². The van der Waals surface area contributed by atoms with Gasteiger partial charge in [0, 0.05) is 5.54 Å². The van der Waals surface area contributed by atoms with Gasteiger partial charge in [0.1, 0.15) is 0 Å². The molecule has 0 aromatic carbocycles. The van der Waals surface area contributed by atoms with E-state index in [1.54, 1.807) is 11.1 Å². The van der Waals surface area contributed by atoms with E-state index in [0.717, 1.165) is 23.7 Å². The molecule has 0 atom stereocenters. The van der Waals surface area contributed by atoms with E-state index in [-0.39, 0.29) is 0 Å². The van der Waals surface area contributed by atoms with Gasteiger partial charge in [-0.1, -0.05) is 11.6 Å². The maximum Gasteiger partial charge on any atom is 0.0462 e. The summed E-state index contributed by atoms with van der Waals surface area (Å²) < 4.78 is 0. The number of hydrogen-bond acceptors (Lipinski definition) is 0. The molecule has 0 spiro atoms. The molecule has 70 valence electrons. The lowest BCUT2D eigenvalue weighted by molar-refractivity contribution is 0.0700. The molecule has 4 aliphatic carbocycles. The fourth-order valence-electron chi connectivity index (χ4n) is 3.99. The highest BCUT2D eigenvalue weighted by molar-refractivity contribution is 6.25. The van der Waals surface area contributed by atoms with Crippen LogP contribution in [0, 0.1) is 23.7 Å². The van der Waals surface area contributed by atoms with Gasteiger partial charge in [-0.15, -0.1) is 5.73 Å². The Bertz CT molecular complexity index is 253. The molecule has 0 amide bonds. The summed E-state index contributed by atoms with van der Waals surface area (Å²) in [7, 11) is 0. The van der Waals surface area contributed by atoms with Crippen molar-refractivity contribution in [2.75, 3.05) is 0 Å². The number of allylic oxidation sites excluding steroid dienone is 1. The van der Waals surface area contributed by atoms with Gasteiger partial charge in [-0.2, -0.15) is 0 Å². The zero-order valence-corrected chi connectivity index (χ0v) is 8.56. The lowest BCUT2D eigenvalue weighted by atomic mass is 9.54. The van der Waals surface area contributed by atoms with Gasteiger partial charge in [0.25, 0.3) is 0 Å². The quantitative estimate of drug-likeness (QED) is 0.516. The summed E-state index contributed by atoms with van der Waals surface area (Å²) >= 11 is 5.64. The summed E-state index contributed by atoms with van der Waals surface area (Å²) in [4.78, 5) is 0. The van der Waals surface area contributed by atoms with Gasteiger partial charge in [-0.25, -0.2) is 0 Å². The smallest absolute Gasteiger partial charge is 0.0462 e. The first kappa shape index (κ1) is 8.15. The van der Waals surface area contributed by atoms with Crippen LogP contribution in [-0.4, -0.2) is 0 Å². The highest BCUT2D eigenvalue weighted by Crippen LogP contribution is 2.55. The Labute approximate surface area is 84.7 Å². The monoisotopic (exact) mass is 194 g/mol. The summed E-state index contributed by atoms with van der Waals surface area (Å²) in [6.07, 6.45) is 7.24. The third-order valence-electron chi connectivity index (χ3n) is 4.24. The molecule has 0 radical (unpaired) electrons. The molecule has 1 heteroatoms. The lowest BCUT2D eigenvalue weighted by Crippen LogP contribution is -2.40. The SMILES string of the molecule is ClC=C=C1C2CC3CC(C2)CC1C3. The minimum atomic E-state index is 0.853. The molecule has 0 N–H and O–H groups in total. The predicted octanol–water partition coefficient (Wildman–Crippen LogP) is 3.72. The molecule has 4 aliphatic rings. The molecule has 0 aliphatic heterocycles. The van der Waals surface area contributed by atoms with Crippen LogP contribution in [0.3, 0.4) is 0 Å². The van der Waals surface area contributed by atoms with Crippen molar-refractivity contribution in [2.45, 2.75) is 32.1 Å². The Morgan fingerprint density at radius 3 is 2.00 bits per heavy atom. The van der Waals surface area contributed by atoms with Crippen LogP contribution in [-0.2, 0) is 0 Å². The molecule has 0 aromatic heterocycles. The van der Waals surface area contributed by atoms with Crippen molar-refractivity contribution in [1.29, 1.82) is 0 Å². The molecule has 0 heterocycles. The van der Waals surface area contributed by atoms with E-state index in [0.29, 0.717) is 0 Å². The minimum absolute atomic E-state index is 0.853. The fourth-order valence-corrected chi connectivity index (χ4v) is 4.12. The topological polar surface area (TPSA) is 0 Å². The molecular formula is C12H15Cl. The molecule has 13 heavy (non-hydrogen) atoms. The van der Waals surface area contributed by atoms with E-state index in [2.05, 4.69) is 5.73 Å². The number of hydrogen-bond donors (Lipinski definition) is 0. The maximum absolute atomic E-state index is 5.64. The van der Waals surface area contributed by atoms with Gasteiger partial charge in [0.05, 0.1) is 0 Å². The third kappa shape index (κ3) is 1.20. The Hall–Kier alpha value is -0.190. The first-order valence-electron chi connectivity index (χ1n) is 5.42. The Kier molecular flexibility index (Phi) is 1.82. The lowest BCUT2D eigenvalue weighted by Gasteiger charge is -2.50. The highest BCUT2D eigenvalue weighted by Gasteiger charge is 2.44. The Morgan fingerprint density at radius 2 is 1.54 bits per heavy atom. The zero-order valence-electron chi connectivity index (χ0n) is 7.80. The van der Waals surface area contributed by atoms with Crippen LogP contribution < -0.4 is 0 Å². The van der Waals surface area contributed by atoms with E-state index >= 15 is 0 Å². The standard InChI is InChI=1S/C12H15Cl/c13-2-1-12-10-4-8-3-9(6-10)7-11(12)5-8/h2,8-11H,3-7H2. The molecular weight excluding hydrogens is 180 g/mol. The van der Waals surface area contributed by atoms with Gasteiger partial charge in [-0.3, -0.25) is 0 Å². The summed E-state index contributed by atoms with van der Waals surface area (Å²) in [5, 5.41) is 0. The van der Waals surface area contributed by atoms with Crippen molar-refractivity contribution in [3.05, 3.63) is 16.8 Å².